The number of carbonyl (C=O) groups excluding carboxylic acids is 1. The number of nitrogens with zero attached hydrogens (tertiary/aromatic N) is 1. The number of benzene rings is 1. The molecule has 142 valence electrons. The van der Waals surface area contributed by atoms with E-state index in [0.29, 0.717) is 38.0 Å². The number of H-pyrrole nitrogens is 1. The lowest BCUT2D eigenvalue weighted by atomic mass is 9.88. The second-order valence-corrected chi connectivity index (χ2v) is 7.04. The van der Waals surface area contributed by atoms with E-state index in [1.54, 1.807) is 0 Å². The molecule has 0 bridgehead atoms. The van der Waals surface area contributed by atoms with Gasteiger partial charge in [0.2, 0.25) is 0 Å². The molecule has 0 radical (unpaired) electrons. The molecule has 6 nitrogen and oxygen atoms in total. The predicted molar refractivity (Wildman–Crippen MR) is 93.8 cm³/mol. The lowest BCUT2D eigenvalue weighted by Gasteiger charge is -2.39. The van der Waals surface area contributed by atoms with Gasteiger partial charge in [-0.25, -0.2) is 8.78 Å². The number of halogens is 2. The molecule has 2 aromatic rings. The Balaban J connectivity index is 1.59. The molecule has 3 heterocycles. The van der Waals surface area contributed by atoms with Crippen molar-refractivity contribution in [3.63, 3.8) is 0 Å². The number of pyridine rings is 1. The van der Waals surface area contributed by atoms with Crippen LogP contribution < -0.4 is 10.5 Å². The molecule has 0 atom stereocenters. The van der Waals surface area contributed by atoms with E-state index in [9.17, 15) is 23.5 Å². The Bertz CT molecular complexity index is 941. The van der Waals surface area contributed by atoms with Crippen molar-refractivity contribution in [3.8, 4) is 17.0 Å². The molecule has 8 heteroatoms. The predicted octanol–water partition coefficient (Wildman–Crippen LogP) is 2.35. The van der Waals surface area contributed by atoms with Crippen LogP contribution in [0.3, 0.4) is 0 Å². The summed E-state index contributed by atoms with van der Waals surface area (Å²) in [4.78, 5) is 26.7. The Kier molecular flexibility index (Phi) is 4.22. The van der Waals surface area contributed by atoms with Crippen molar-refractivity contribution in [1.29, 1.82) is 0 Å². The fraction of sp³-hybridized carbons (Fsp3) is 0.368. The van der Waals surface area contributed by atoms with Crippen LogP contribution >= 0.6 is 0 Å². The highest BCUT2D eigenvalue weighted by atomic mass is 19.1. The zero-order chi connectivity index (χ0) is 19.2. The molecule has 27 heavy (non-hydrogen) atoms. The second kappa shape index (κ2) is 6.45. The molecule has 0 amide bonds. The number of anilines is 1. The van der Waals surface area contributed by atoms with Crippen molar-refractivity contribution in [2.75, 3.05) is 24.6 Å². The van der Waals surface area contributed by atoms with Crippen LogP contribution in [0, 0.1) is 11.6 Å². The van der Waals surface area contributed by atoms with Crippen molar-refractivity contribution in [1.82, 2.24) is 4.98 Å². The van der Waals surface area contributed by atoms with Crippen LogP contribution in [0.1, 0.15) is 19.3 Å². The van der Waals surface area contributed by atoms with Crippen LogP contribution in [-0.4, -0.2) is 41.2 Å². The van der Waals surface area contributed by atoms with E-state index >= 15 is 0 Å². The third kappa shape index (κ3) is 3.21. The van der Waals surface area contributed by atoms with Gasteiger partial charge in [-0.2, -0.15) is 0 Å². The van der Waals surface area contributed by atoms with Gasteiger partial charge in [-0.15, -0.1) is 0 Å². The Morgan fingerprint density at radius 2 is 1.78 bits per heavy atom. The number of Topliss-reactive ketones (excluding diaryl/α,β-unsaturated/α-hetero) is 1. The highest BCUT2D eigenvalue weighted by Gasteiger charge is 2.42. The van der Waals surface area contributed by atoms with Gasteiger partial charge in [0.05, 0.1) is 11.2 Å². The Labute approximate surface area is 153 Å². The number of aromatic hydroxyl groups is 1. The third-order valence-electron chi connectivity index (χ3n) is 5.29. The Morgan fingerprint density at radius 1 is 1.11 bits per heavy atom. The van der Waals surface area contributed by atoms with Gasteiger partial charge in [-0.1, -0.05) is 0 Å². The summed E-state index contributed by atoms with van der Waals surface area (Å²) in [6.07, 6.45) is 1.63. The summed E-state index contributed by atoms with van der Waals surface area (Å²) in [6, 6.07) is 4.69. The molecule has 2 fully saturated rings. The number of carbonyl (C=O) groups is 1. The number of aromatic nitrogens is 1. The van der Waals surface area contributed by atoms with E-state index in [1.807, 2.05) is 4.90 Å². The van der Waals surface area contributed by atoms with Crippen LogP contribution in [0.4, 0.5) is 14.5 Å². The summed E-state index contributed by atoms with van der Waals surface area (Å²) in [7, 11) is 0. The van der Waals surface area contributed by atoms with Crippen molar-refractivity contribution < 1.29 is 23.4 Å². The minimum atomic E-state index is -0.833. The molecule has 0 saturated carbocycles. The molecular formula is C19H18F2N2O4. The van der Waals surface area contributed by atoms with Crippen LogP contribution in [0.25, 0.3) is 11.1 Å². The largest absolute Gasteiger partial charge is 0.494 e. The highest BCUT2D eigenvalue weighted by molar-refractivity contribution is 5.82. The molecule has 2 N–H and O–H groups in total. The van der Waals surface area contributed by atoms with Crippen LogP contribution in [0.5, 0.6) is 5.88 Å². The quantitative estimate of drug-likeness (QED) is 0.841. The number of rotatable bonds is 2. The molecule has 2 aliphatic rings. The zero-order valence-corrected chi connectivity index (χ0v) is 14.4. The van der Waals surface area contributed by atoms with E-state index < -0.39 is 34.2 Å². The average molecular weight is 376 g/mol. The molecule has 1 aromatic carbocycles. The number of ether oxygens (including phenoxy) is 1. The standard InChI is InChI=1S/C19H18F2N2O4/c20-14-7-11(23-5-3-19(4-6-23)9-12(24)10-27-19)8-15(21)17(14)13-1-2-16(25)22-18(13)26/h1-2,7-8H,3-6,9-10H2,(H2,22,25,26). The number of aromatic amines is 1. The minimum absolute atomic E-state index is 0.0885. The van der Waals surface area contributed by atoms with E-state index in [2.05, 4.69) is 4.98 Å². The lowest BCUT2D eigenvalue weighted by Crippen LogP contribution is -2.44. The highest BCUT2D eigenvalue weighted by Crippen LogP contribution is 2.38. The van der Waals surface area contributed by atoms with Gasteiger partial charge in [0.25, 0.3) is 5.56 Å². The summed E-state index contributed by atoms with van der Waals surface area (Å²) in [5.74, 6) is -2.17. The van der Waals surface area contributed by atoms with Crippen molar-refractivity contribution in [2.24, 2.45) is 0 Å². The monoisotopic (exact) mass is 376 g/mol. The molecular weight excluding hydrogens is 358 g/mol. The second-order valence-electron chi connectivity index (χ2n) is 7.04. The first-order chi connectivity index (χ1) is 12.9. The van der Waals surface area contributed by atoms with Crippen LogP contribution in [0.2, 0.25) is 0 Å². The number of piperidine rings is 1. The topological polar surface area (TPSA) is 82.6 Å². The molecule has 2 aliphatic heterocycles. The fourth-order valence-electron chi connectivity index (χ4n) is 3.85. The Morgan fingerprint density at radius 3 is 2.33 bits per heavy atom. The average Bonchev–Trinajstić information content (AvgIpc) is 2.97. The smallest absolute Gasteiger partial charge is 0.250 e. The van der Waals surface area contributed by atoms with E-state index in [4.69, 9.17) is 4.74 Å². The van der Waals surface area contributed by atoms with Gasteiger partial charge >= 0.3 is 0 Å². The summed E-state index contributed by atoms with van der Waals surface area (Å²) in [6.45, 7) is 1.19. The molecule has 1 spiro atoms. The van der Waals surface area contributed by atoms with Gasteiger partial charge in [-0.05, 0) is 31.0 Å². The Hall–Kier alpha value is -2.74. The van der Waals surface area contributed by atoms with Gasteiger partial charge in [0.15, 0.2) is 11.7 Å². The minimum Gasteiger partial charge on any atom is -0.494 e. The molecule has 4 rings (SSSR count). The maximum atomic E-state index is 14.6. The van der Waals surface area contributed by atoms with Crippen molar-refractivity contribution in [3.05, 3.63) is 46.3 Å². The molecule has 0 unspecified atom stereocenters. The van der Waals surface area contributed by atoms with Crippen molar-refractivity contribution in [2.45, 2.75) is 24.9 Å². The summed E-state index contributed by atoms with van der Waals surface area (Å²) >= 11 is 0. The van der Waals surface area contributed by atoms with E-state index in [-0.39, 0.29) is 18.0 Å². The zero-order valence-electron chi connectivity index (χ0n) is 14.4. The van der Waals surface area contributed by atoms with Gasteiger partial charge in [0.1, 0.15) is 18.2 Å². The first-order valence-corrected chi connectivity index (χ1v) is 8.69. The summed E-state index contributed by atoms with van der Waals surface area (Å²) < 4.78 is 34.9. The summed E-state index contributed by atoms with van der Waals surface area (Å²) in [5, 5.41) is 9.81. The molecule has 1 aromatic heterocycles. The summed E-state index contributed by atoms with van der Waals surface area (Å²) in [5.41, 5.74) is -1.13. The number of nitrogens with one attached hydrogen (secondary N) is 1. The van der Waals surface area contributed by atoms with Crippen molar-refractivity contribution >= 4 is 11.5 Å². The fourth-order valence-corrected chi connectivity index (χ4v) is 3.85. The van der Waals surface area contributed by atoms with Gasteiger partial charge in [-0.3, -0.25) is 14.6 Å². The van der Waals surface area contributed by atoms with E-state index in [0.717, 1.165) is 6.07 Å². The van der Waals surface area contributed by atoms with Gasteiger partial charge in [0, 0.05) is 36.8 Å². The number of ketones is 1. The number of hydrogen-bond acceptors (Lipinski definition) is 5. The molecule has 2 saturated heterocycles. The van der Waals surface area contributed by atoms with Gasteiger partial charge < -0.3 is 14.7 Å². The third-order valence-corrected chi connectivity index (χ3v) is 5.29. The first kappa shape index (κ1) is 17.7. The maximum Gasteiger partial charge on any atom is 0.250 e. The number of hydrogen-bond donors (Lipinski definition) is 2. The van der Waals surface area contributed by atoms with E-state index in [1.165, 1.54) is 18.2 Å². The maximum absolute atomic E-state index is 14.6. The molecule has 0 aliphatic carbocycles. The SMILES string of the molecule is O=C1COC2(CCN(c3cc(F)c(-c4ccc(=O)[nH]c4O)c(F)c3)CC2)C1. The lowest BCUT2D eigenvalue weighted by molar-refractivity contribution is -0.117. The van der Waals surface area contributed by atoms with Crippen LogP contribution in [-0.2, 0) is 9.53 Å². The van der Waals surface area contributed by atoms with Crippen LogP contribution in [0.15, 0.2) is 29.1 Å². The normalized spacial score (nSPS) is 19.0. The first-order valence-electron chi connectivity index (χ1n) is 8.69.